The Morgan fingerprint density at radius 2 is 1.94 bits per heavy atom. The molecule has 1 aromatic rings. The molecule has 0 saturated carbocycles. The molecule has 0 heterocycles. The summed E-state index contributed by atoms with van der Waals surface area (Å²) < 4.78 is 0. The summed E-state index contributed by atoms with van der Waals surface area (Å²) in [5.41, 5.74) is -0.0383. The van der Waals surface area contributed by atoms with E-state index in [9.17, 15) is 10.0 Å². The molecule has 0 bridgehead atoms. The Kier molecular flexibility index (Phi) is 5.03. The van der Waals surface area contributed by atoms with Crippen molar-refractivity contribution in [3.05, 3.63) is 35.9 Å². The second kappa shape index (κ2) is 6.10. The second-order valence-electron chi connectivity index (χ2n) is 4.91. The number of hydrogen-bond acceptors (Lipinski definition) is 2. The molecule has 0 fully saturated rings. The van der Waals surface area contributed by atoms with Crippen LogP contribution < -0.4 is 0 Å². The Morgan fingerprint density at radius 1 is 1.39 bits per heavy atom. The molecular formula is C13H17B2NO2. The molecule has 1 N–H and O–H groups in total. The molecule has 4 radical (unpaired) electrons. The van der Waals surface area contributed by atoms with Crippen LogP contribution >= 0.6 is 0 Å². The molecule has 18 heavy (non-hydrogen) atoms. The fourth-order valence-corrected chi connectivity index (χ4v) is 1.61. The average molecular weight is 241 g/mol. The number of amides is 1. The molecule has 0 aliphatic carbocycles. The van der Waals surface area contributed by atoms with Crippen molar-refractivity contribution in [2.75, 3.05) is 0 Å². The van der Waals surface area contributed by atoms with Crippen molar-refractivity contribution in [1.29, 1.82) is 0 Å². The molecule has 0 aromatic heterocycles. The van der Waals surface area contributed by atoms with E-state index in [0.717, 1.165) is 5.56 Å². The topological polar surface area (TPSA) is 40.5 Å². The van der Waals surface area contributed by atoms with E-state index >= 15 is 0 Å². The molecule has 1 rings (SSSR count). The SMILES string of the molecule is [B]CC([B])C(C)(C)C(=O)N(O)Cc1ccccc1. The molecule has 5 heteroatoms. The summed E-state index contributed by atoms with van der Waals surface area (Å²) in [7, 11) is 11.3. The first kappa shape index (κ1) is 14.8. The van der Waals surface area contributed by atoms with Gasteiger partial charge in [-0.1, -0.05) is 56.3 Å². The lowest BCUT2D eigenvalue weighted by Crippen LogP contribution is -2.41. The predicted octanol–water partition coefficient (Wildman–Crippen LogP) is 1.97. The van der Waals surface area contributed by atoms with Crippen molar-refractivity contribution < 1.29 is 10.0 Å². The van der Waals surface area contributed by atoms with Gasteiger partial charge in [0.2, 0.25) is 0 Å². The van der Waals surface area contributed by atoms with Crippen molar-refractivity contribution >= 4 is 21.6 Å². The third-order valence-corrected chi connectivity index (χ3v) is 3.14. The zero-order valence-corrected chi connectivity index (χ0v) is 10.8. The zero-order valence-electron chi connectivity index (χ0n) is 10.8. The lowest BCUT2D eigenvalue weighted by molar-refractivity contribution is -0.178. The second-order valence-corrected chi connectivity index (χ2v) is 4.91. The highest BCUT2D eigenvalue weighted by Gasteiger charge is 2.35. The van der Waals surface area contributed by atoms with Crippen LogP contribution in [0.3, 0.4) is 0 Å². The van der Waals surface area contributed by atoms with Gasteiger partial charge in [-0.15, -0.1) is 0 Å². The lowest BCUT2D eigenvalue weighted by Gasteiger charge is -2.33. The van der Waals surface area contributed by atoms with Crippen LogP contribution in [0.2, 0.25) is 12.1 Å². The molecule has 1 unspecified atom stereocenters. The fraction of sp³-hybridized carbons (Fsp3) is 0.462. The number of benzene rings is 1. The summed E-state index contributed by atoms with van der Waals surface area (Å²) in [5, 5.41) is 10.5. The van der Waals surface area contributed by atoms with Crippen molar-refractivity contribution in [2.45, 2.75) is 32.5 Å². The maximum absolute atomic E-state index is 12.1. The smallest absolute Gasteiger partial charge is 0.251 e. The molecule has 0 aliphatic heterocycles. The van der Waals surface area contributed by atoms with Gasteiger partial charge in [0.1, 0.15) is 0 Å². The van der Waals surface area contributed by atoms with Crippen LogP contribution in [-0.4, -0.2) is 31.9 Å². The lowest BCUT2D eigenvalue weighted by atomic mass is 9.61. The number of rotatable bonds is 5. The van der Waals surface area contributed by atoms with Crippen molar-refractivity contribution in [2.24, 2.45) is 5.41 Å². The Morgan fingerprint density at radius 3 is 2.44 bits per heavy atom. The Balaban J connectivity index is 2.73. The minimum absolute atomic E-state index is 0.139. The summed E-state index contributed by atoms with van der Waals surface area (Å²) in [6, 6.07) is 9.26. The van der Waals surface area contributed by atoms with Crippen LogP contribution in [-0.2, 0) is 11.3 Å². The van der Waals surface area contributed by atoms with E-state index < -0.39 is 17.1 Å². The number of carbonyl (C=O) groups excluding carboxylic acids is 1. The van der Waals surface area contributed by atoms with E-state index in [1.54, 1.807) is 13.8 Å². The summed E-state index contributed by atoms with van der Waals surface area (Å²) in [4.78, 5) is 12.1. The van der Waals surface area contributed by atoms with E-state index in [4.69, 9.17) is 15.7 Å². The zero-order chi connectivity index (χ0) is 13.8. The van der Waals surface area contributed by atoms with Gasteiger partial charge >= 0.3 is 0 Å². The summed E-state index contributed by atoms with van der Waals surface area (Å²) in [6.07, 6.45) is 0.192. The third-order valence-electron chi connectivity index (χ3n) is 3.14. The van der Waals surface area contributed by atoms with E-state index in [0.29, 0.717) is 5.06 Å². The molecule has 1 aromatic carbocycles. The maximum Gasteiger partial charge on any atom is 0.251 e. The molecule has 0 spiro atoms. The standard InChI is InChI=1S/C13H17B2NO2/c1-13(2,11(15)8-14)12(17)16(18)9-10-6-4-3-5-7-10/h3-7,11,18H,8-9H2,1-2H3. The van der Waals surface area contributed by atoms with Gasteiger partial charge in [0.15, 0.2) is 0 Å². The van der Waals surface area contributed by atoms with Crippen LogP contribution in [0.25, 0.3) is 0 Å². The number of hydroxylamine groups is 2. The highest BCUT2D eigenvalue weighted by Crippen LogP contribution is 2.33. The van der Waals surface area contributed by atoms with Crippen LogP contribution in [0.4, 0.5) is 0 Å². The Hall–Kier alpha value is -1.22. The summed E-state index contributed by atoms with van der Waals surface area (Å²) in [5.74, 6) is -0.917. The minimum atomic E-state index is -0.891. The van der Waals surface area contributed by atoms with Gasteiger partial charge in [0, 0.05) is 5.41 Å². The number of hydrogen-bond donors (Lipinski definition) is 1. The van der Waals surface area contributed by atoms with E-state index in [1.807, 2.05) is 30.3 Å². The Labute approximate surface area is 111 Å². The first-order valence-corrected chi connectivity index (χ1v) is 5.90. The summed E-state index contributed by atoms with van der Waals surface area (Å²) in [6.45, 7) is 3.50. The highest BCUT2D eigenvalue weighted by atomic mass is 16.5. The quantitative estimate of drug-likeness (QED) is 0.486. The largest absolute Gasteiger partial charge is 0.286 e. The van der Waals surface area contributed by atoms with Gasteiger partial charge in [-0.05, 0) is 5.56 Å². The van der Waals surface area contributed by atoms with E-state index in [2.05, 4.69) is 0 Å². The Bertz CT molecular complexity index is 395. The van der Waals surface area contributed by atoms with E-state index in [-0.39, 0.29) is 12.9 Å². The van der Waals surface area contributed by atoms with Crippen LogP contribution in [0.15, 0.2) is 30.3 Å². The predicted molar refractivity (Wildman–Crippen MR) is 72.6 cm³/mol. The van der Waals surface area contributed by atoms with Crippen LogP contribution in [0.5, 0.6) is 0 Å². The minimum Gasteiger partial charge on any atom is -0.286 e. The van der Waals surface area contributed by atoms with Gasteiger partial charge < -0.3 is 0 Å². The number of carbonyl (C=O) groups is 1. The molecule has 1 atom stereocenters. The van der Waals surface area contributed by atoms with Gasteiger partial charge in [0.25, 0.3) is 5.91 Å². The molecule has 1 amide bonds. The molecule has 0 saturated heterocycles. The first-order chi connectivity index (χ1) is 8.39. The van der Waals surface area contributed by atoms with Gasteiger partial charge in [0.05, 0.1) is 22.2 Å². The van der Waals surface area contributed by atoms with Crippen molar-refractivity contribution in [3.63, 3.8) is 0 Å². The molecule has 92 valence electrons. The van der Waals surface area contributed by atoms with Crippen LogP contribution in [0.1, 0.15) is 19.4 Å². The normalized spacial score (nSPS) is 13.1. The third kappa shape index (κ3) is 3.39. The highest BCUT2D eigenvalue weighted by molar-refractivity contribution is 6.20. The van der Waals surface area contributed by atoms with Gasteiger partial charge in [-0.25, -0.2) is 5.06 Å². The fourth-order valence-electron chi connectivity index (χ4n) is 1.61. The van der Waals surface area contributed by atoms with Gasteiger partial charge in [-0.3, -0.25) is 10.0 Å². The maximum atomic E-state index is 12.1. The average Bonchev–Trinajstić information content (AvgIpc) is 2.37. The van der Waals surface area contributed by atoms with Crippen molar-refractivity contribution in [1.82, 2.24) is 5.06 Å². The molecule has 3 nitrogen and oxygen atoms in total. The van der Waals surface area contributed by atoms with Gasteiger partial charge in [-0.2, -0.15) is 0 Å². The molecule has 0 aliphatic rings. The van der Waals surface area contributed by atoms with Crippen LogP contribution in [0, 0.1) is 5.41 Å². The van der Waals surface area contributed by atoms with Crippen molar-refractivity contribution in [3.8, 4) is 0 Å². The first-order valence-electron chi connectivity index (χ1n) is 5.90. The summed E-state index contributed by atoms with van der Waals surface area (Å²) >= 11 is 0. The monoisotopic (exact) mass is 241 g/mol. The van der Waals surface area contributed by atoms with E-state index in [1.165, 1.54) is 0 Å². The molecular weight excluding hydrogens is 224 g/mol. The number of nitrogens with zero attached hydrogens (tertiary/aromatic N) is 1.